The molecular formula is C14H22N2O2. The lowest BCUT2D eigenvalue weighted by atomic mass is 10.1. The van der Waals surface area contributed by atoms with E-state index in [9.17, 15) is 0 Å². The first-order valence-electron chi connectivity index (χ1n) is 6.93. The molecule has 0 amide bonds. The molecule has 0 bridgehead atoms. The molecule has 0 radical (unpaired) electrons. The predicted octanol–water partition coefficient (Wildman–Crippen LogP) is 1.75. The number of nitrogens with one attached hydrogen (secondary N) is 1. The Hall–Kier alpha value is -0.840. The maximum atomic E-state index is 5.83. The van der Waals surface area contributed by atoms with Crippen LogP contribution in [-0.2, 0) is 17.8 Å². The van der Waals surface area contributed by atoms with E-state index < -0.39 is 0 Å². The number of morpholine rings is 1. The molecule has 3 rings (SSSR count). The maximum Gasteiger partial charge on any atom is 0.118 e. The quantitative estimate of drug-likeness (QED) is 0.883. The Balaban J connectivity index is 1.63. The van der Waals surface area contributed by atoms with E-state index >= 15 is 0 Å². The molecule has 2 atom stereocenters. The SMILES string of the molecule is CNCc1coc(CN2CCOC3CCCC32)c1. The number of hydrogen-bond acceptors (Lipinski definition) is 4. The molecule has 4 nitrogen and oxygen atoms in total. The van der Waals surface area contributed by atoms with Crippen molar-refractivity contribution < 1.29 is 9.15 Å². The summed E-state index contributed by atoms with van der Waals surface area (Å²) in [6, 6.07) is 2.77. The third kappa shape index (κ3) is 2.46. The van der Waals surface area contributed by atoms with Gasteiger partial charge in [-0.1, -0.05) is 0 Å². The topological polar surface area (TPSA) is 37.6 Å². The van der Waals surface area contributed by atoms with E-state index in [2.05, 4.69) is 16.3 Å². The van der Waals surface area contributed by atoms with Crippen molar-refractivity contribution in [3.8, 4) is 0 Å². The molecule has 1 aliphatic carbocycles. The predicted molar refractivity (Wildman–Crippen MR) is 69.3 cm³/mol. The number of nitrogens with zero attached hydrogens (tertiary/aromatic N) is 1. The second kappa shape index (κ2) is 5.43. The first-order chi connectivity index (χ1) is 8.86. The highest BCUT2D eigenvalue weighted by atomic mass is 16.5. The number of hydrogen-bond donors (Lipinski definition) is 1. The van der Waals surface area contributed by atoms with Gasteiger partial charge in [-0.25, -0.2) is 0 Å². The number of furan rings is 1. The molecule has 1 saturated heterocycles. The molecule has 100 valence electrons. The number of ether oxygens (including phenoxy) is 1. The molecule has 2 unspecified atom stereocenters. The van der Waals surface area contributed by atoms with Crippen molar-refractivity contribution in [2.45, 2.75) is 44.5 Å². The van der Waals surface area contributed by atoms with Crippen LogP contribution < -0.4 is 5.32 Å². The Morgan fingerprint density at radius 2 is 2.39 bits per heavy atom. The molecule has 4 heteroatoms. The van der Waals surface area contributed by atoms with Crippen molar-refractivity contribution in [3.05, 3.63) is 23.7 Å². The normalized spacial score (nSPS) is 28.5. The third-order valence-electron chi connectivity index (χ3n) is 4.05. The van der Waals surface area contributed by atoms with Crippen molar-refractivity contribution in [2.24, 2.45) is 0 Å². The zero-order valence-electron chi connectivity index (χ0n) is 11.0. The van der Waals surface area contributed by atoms with Gasteiger partial charge in [-0.05, 0) is 32.4 Å². The summed E-state index contributed by atoms with van der Waals surface area (Å²) in [7, 11) is 1.96. The standard InChI is InChI=1S/C14H22N2O2/c1-15-8-11-7-12(18-10-11)9-16-5-6-17-14-4-2-3-13(14)16/h7,10,13-15H,2-6,8-9H2,1H3. The molecule has 2 fully saturated rings. The Labute approximate surface area is 108 Å². The van der Waals surface area contributed by atoms with Crippen LogP contribution in [0.25, 0.3) is 0 Å². The third-order valence-corrected chi connectivity index (χ3v) is 4.05. The van der Waals surface area contributed by atoms with Gasteiger partial charge in [0.2, 0.25) is 0 Å². The minimum Gasteiger partial charge on any atom is -0.468 e. The van der Waals surface area contributed by atoms with Gasteiger partial charge < -0.3 is 14.5 Å². The van der Waals surface area contributed by atoms with Crippen molar-refractivity contribution in [1.29, 1.82) is 0 Å². The van der Waals surface area contributed by atoms with Gasteiger partial charge in [0.25, 0.3) is 0 Å². The number of fused-ring (bicyclic) bond motifs is 1. The summed E-state index contributed by atoms with van der Waals surface area (Å²) in [6.45, 7) is 3.70. The molecule has 1 N–H and O–H groups in total. The van der Waals surface area contributed by atoms with Crippen LogP contribution in [0.1, 0.15) is 30.6 Å². The Morgan fingerprint density at radius 3 is 3.28 bits per heavy atom. The summed E-state index contributed by atoms with van der Waals surface area (Å²) in [5.41, 5.74) is 1.23. The molecular weight excluding hydrogens is 228 g/mol. The molecule has 2 aliphatic rings. The van der Waals surface area contributed by atoms with E-state index in [1.54, 1.807) is 0 Å². The van der Waals surface area contributed by atoms with E-state index in [-0.39, 0.29) is 0 Å². The Bertz CT molecular complexity index is 391. The summed E-state index contributed by atoms with van der Waals surface area (Å²) >= 11 is 0. The summed E-state index contributed by atoms with van der Waals surface area (Å²) in [4.78, 5) is 2.53. The highest BCUT2D eigenvalue weighted by molar-refractivity contribution is 5.13. The molecule has 18 heavy (non-hydrogen) atoms. The van der Waals surface area contributed by atoms with Crippen molar-refractivity contribution in [3.63, 3.8) is 0 Å². The van der Waals surface area contributed by atoms with Crippen molar-refractivity contribution >= 4 is 0 Å². The van der Waals surface area contributed by atoms with Crippen LogP contribution in [0.5, 0.6) is 0 Å². The van der Waals surface area contributed by atoms with Crippen LogP contribution in [0.2, 0.25) is 0 Å². The van der Waals surface area contributed by atoms with Crippen LogP contribution in [0.15, 0.2) is 16.7 Å². The molecule has 1 aromatic rings. The van der Waals surface area contributed by atoms with Gasteiger partial charge in [-0.3, -0.25) is 4.90 Å². The molecule has 2 heterocycles. The van der Waals surface area contributed by atoms with Gasteiger partial charge in [0.15, 0.2) is 0 Å². The summed E-state index contributed by atoms with van der Waals surface area (Å²) < 4.78 is 11.5. The van der Waals surface area contributed by atoms with E-state index in [4.69, 9.17) is 9.15 Å². The molecule has 1 aliphatic heterocycles. The lowest BCUT2D eigenvalue weighted by molar-refractivity contribution is -0.0606. The van der Waals surface area contributed by atoms with Crippen molar-refractivity contribution in [1.82, 2.24) is 10.2 Å². The van der Waals surface area contributed by atoms with Crippen LogP contribution >= 0.6 is 0 Å². The average molecular weight is 250 g/mol. The highest BCUT2D eigenvalue weighted by Crippen LogP contribution is 2.30. The Morgan fingerprint density at radius 1 is 1.44 bits per heavy atom. The fourth-order valence-electron chi connectivity index (χ4n) is 3.21. The van der Waals surface area contributed by atoms with E-state index in [0.29, 0.717) is 12.1 Å². The van der Waals surface area contributed by atoms with E-state index in [1.807, 2.05) is 13.3 Å². The first-order valence-corrected chi connectivity index (χ1v) is 6.93. The fourth-order valence-corrected chi connectivity index (χ4v) is 3.21. The molecule has 0 aromatic carbocycles. The Kier molecular flexibility index (Phi) is 3.68. The lowest BCUT2D eigenvalue weighted by Crippen LogP contribution is -2.47. The lowest BCUT2D eigenvalue weighted by Gasteiger charge is -2.37. The highest BCUT2D eigenvalue weighted by Gasteiger charge is 2.36. The monoisotopic (exact) mass is 250 g/mol. The van der Waals surface area contributed by atoms with Gasteiger partial charge in [-0.15, -0.1) is 0 Å². The zero-order chi connectivity index (χ0) is 12.4. The minimum atomic E-state index is 0.463. The van der Waals surface area contributed by atoms with E-state index in [1.165, 1.54) is 24.8 Å². The zero-order valence-corrected chi connectivity index (χ0v) is 11.0. The van der Waals surface area contributed by atoms with Crippen molar-refractivity contribution in [2.75, 3.05) is 20.2 Å². The van der Waals surface area contributed by atoms with Gasteiger partial charge in [-0.2, -0.15) is 0 Å². The van der Waals surface area contributed by atoms with Crippen LogP contribution in [-0.4, -0.2) is 37.2 Å². The van der Waals surface area contributed by atoms with Crippen LogP contribution in [0, 0.1) is 0 Å². The van der Waals surface area contributed by atoms with Gasteiger partial charge in [0, 0.05) is 24.7 Å². The largest absolute Gasteiger partial charge is 0.468 e. The molecule has 0 spiro atoms. The van der Waals surface area contributed by atoms with Gasteiger partial charge in [0.05, 0.1) is 25.5 Å². The van der Waals surface area contributed by atoms with Gasteiger partial charge in [0.1, 0.15) is 5.76 Å². The number of rotatable bonds is 4. The second-order valence-electron chi connectivity index (χ2n) is 5.33. The smallest absolute Gasteiger partial charge is 0.118 e. The van der Waals surface area contributed by atoms with Crippen LogP contribution in [0.3, 0.4) is 0 Å². The van der Waals surface area contributed by atoms with E-state index in [0.717, 1.165) is 32.0 Å². The van der Waals surface area contributed by atoms with Gasteiger partial charge >= 0.3 is 0 Å². The average Bonchev–Trinajstić information content (AvgIpc) is 2.99. The second-order valence-corrected chi connectivity index (χ2v) is 5.33. The summed E-state index contributed by atoms with van der Waals surface area (Å²) in [6.07, 6.45) is 6.12. The summed E-state index contributed by atoms with van der Waals surface area (Å²) in [5.74, 6) is 1.08. The first kappa shape index (κ1) is 12.2. The van der Waals surface area contributed by atoms with Crippen LogP contribution in [0.4, 0.5) is 0 Å². The summed E-state index contributed by atoms with van der Waals surface area (Å²) in [5, 5.41) is 3.14. The maximum absolute atomic E-state index is 5.83. The molecule has 1 saturated carbocycles. The molecule has 1 aromatic heterocycles. The fraction of sp³-hybridized carbons (Fsp3) is 0.714. The minimum absolute atomic E-state index is 0.463.